The number of esters is 1. The fourth-order valence-corrected chi connectivity index (χ4v) is 5.13. The number of hydrogen-bond acceptors (Lipinski definition) is 6. The van der Waals surface area contributed by atoms with Crippen LogP contribution in [-0.4, -0.2) is 36.3 Å². The third-order valence-corrected chi connectivity index (χ3v) is 6.78. The van der Waals surface area contributed by atoms with Gasteiger partial charge in [-0.05, 0) is 48.9 Å². The highest BCUT2D eigenvalue weighted by Crippen LogP contribution is 2.49. The third-order valence-electron chi connectivity index (χ3n) is 6.49. The van der Waals surface area contributed by atoms with E-state index in [2.05, 4.69) is 0 Å². The summed E-state index contributed by atoms with van der Waals surface area (Å²) in [6, 6.07) is 13.1. The van der Waals surface area contributed by atoms with Crippen molar-refractivity contribution in [3.8, 4) is 11.5 Å². The first kappa shape index (κ1) is 24.0. The molecule has 3 atom stereocenters. The van der Waals surface area contributed by atoms with E-state index in [1.807, 2.05) is 37.3 Å². The highest BCUT2D eigenvalue weighted by atomic mass is 35.5. The van der Waals surface area contributed by atoms with Gasteiger partial charge in [-0.2, -0.15) is 0 Å². The number of rotatable bonds is 6. The van der Waals surface area contributed by atoms with Gasteiger partial charge in [0.1, 0.15) is 5.92 Å². The van der Waals surface area contributed by atoms with E-state index in [9.17, 15) is 14.7 Å². The average molecular weight is 482 g/mol. The van der Waals surface area contributed by atoms with E-state index in [1.165, 1.54) is 7.11 Å². The molecule has 2 aliphatic rings. The standard InChI is InChI=1S/C27H28ClNO5/c1-4-10-34-27(32)23-15(2)29-20-12-17(16-8-6-5-7-9-16)13-21(30)25(20)24(23)18-11-19(28)26(31)22(14-18)33-3/h5-9,11,14,17,23-24,31H,4,10,12-13H2,1-3H3. The number of aromatic hydroxyl groups is 1. The maximum absolute atomic E-state index is 13.6. The first-order valence-corrected chi connectivity index (χ1v) is 11.8. The number of allylic oxidation sites excluding steroid dienone is 2. The number of phenols is 1. The summed E-state index contributed by atoms with van der Waals surface area (Å²) in [7, 11) is 1.43. The summed E-state index contributed by atoms with van der Waals surface area (Å²) in [6.07, 6.45) is 1.61. The van der Waals surface area contributed by atoms with Gasteiger partial charge in [0.25, 0.3) is 0 Å². The SMILES string of the molecule is CCCOC(=O)C1C(C)=NC2=C(C(=O)CC(c3ccccc3)C2)C1c1cc(Cl)c(O)c(OC)c1. The fraction of sp³-hybridized carbons (Fsp3) is 0.370. The van der Waals surface area contributed by atoms with Crippen molar-refractivity contribution in [2.75, 3.05) is 13.7 Å². The number of carbonyl (C=O) groups excluding carboxylic acids is 2. The zero-order chi connectivity index (χ0) is 24.4. The molecule has 6 nitrogen and oxygen atoms in total. The van der Waals surface area contributed by atoms with Crippen LogP contribution in [0.15, 0.2) is 58.7 Å². The Balaban J connectivity index is 1.84. The minimum absolute atomic E-state index is 0.0196. The van der Waals surface area contributed by atoms with E-state index in [4.69, 9.17) is 26.1 Å². The molecule has 3 unspecified atom stereocenters. The van der Waals surface area contributed by atoms with Crippen molar-refractivity contribution < 1.29 is 24.2 Å². The van der Waals surface area contributed by atoms with Gasteiger partial charge in [-0.3, -0.25) is 14.6 Å². The molecule has 0 spiro atoms. The molecule has 1 aliphatic heterocycles. The minimum atomic E-state index is -0.771. The molecule has 178 valence electrons. The van der Waals surface area contributed by atoms with E-state index in [-0.39, 0.29) is 34.8 Å². The maximum Gasteiger partial charge on any atom is 0.315 e. The van der Waals surface area contributed by atoms with Gasteiger partial charge in [-0.25, -0.2) is 0 Å². The molecule has 0 fully saturated rings. The monoisotopic (exact) mass is 481 g/mol. The van der Waals surface area contributed by atoms with Crippen LogP contribution in [0.4, 0.5) is 0 Å². The van der Waals surface area contributed by atoms with Gasteiger partial charge < -0.3 is 14.6 Å². The van der Waals surface area contributed by atoms with Crippen molar-refractivity contribution in [2.24, 2.45) is 10.9 Å². The van der Waals surface area contributed by atoms with Gasteiger partial charge in [0, 0.05) is 29.3 Å². The summed E-state index contributed by atoms with van der Waals surface area (Å²) < 4.78 is 10.8. The predicted octanol–water partition coefficient (Wildman–Crippen LogP) is 5.58. The summed E-state index contributed by atoms with van der Waals surface area (Å²) in [5.74, 6) is -1.87. The Morgan fingerprint density at radius 2 is 1.91 bits per heavy atom. The Morgan fingerprint density at radius 3 is 2.59 bits per heavy atom. The Bertz CT molecular complexity index is 1170. The van der Waals surface area contributed by atoms with Gasteiger partial charge in [0.15, 0.2) is 17.3 Å². The quantitative estimate of drug-likeness (QED) is 0.544. The Labute approximate surface area is 204 Å². The Morgan fingerprint density at radius 1 is 1.18 bits per heavy atom. The number of carbonyl (C=O) groups is 2. The molecule has 4 rings (SSSR count). The molecule has 2 aromatic carbocycles. The van der Waals surface area contributed by atoms with Crippen molar-refractivity contribution >= 4 is 29.1 Å². The maximum atomic E-state index is 13.6. The number of methoxy groups -OCH3 is 1. The largest absolute Gasteiger partial charge is 0.503 e. The van der Waals surface area contributed by atoms with Crippen LogP contribution in [0.25, 0.3) is 0 Å². The highest BCUT2D eigenvalue weighted by Gasteiger charge is 2.45. The first-order valence-electron chi connectivity index (χ1n) is 11.4. The molecule has 0 radical (unpaired) electrons. The molecule has 1 N–H and O–H groups in total. The lowest BCUT2D eigenvalue weighted by Gasteiger charge is -2.36. The molecule has 0 bridgehead atoms. The van der Waals surface area contributed by atoms with Crippen LogP contribution in [0.2, 0.25) is 5.02 Å². The molecule has 1 heterocycles. The van der Waals surface area contributed by atoms with Crippen LogP contribution in [-0.2, 0) is 14.3 Å². The van der Waals surface area contributed by atoms with Gasteiger partial charge in [-0.15, -0.1) is 0 Å². The number of ether oxygens (including phenoxy) is 2. The van der Waals surface area contributed by atoms with Crippen molar-refractivity contribution in [2.45, 2.75) is 44.9 Å². The zero-order valence-electron chi connectivity index (χ0n) is 19.5. The second-order valence-electron chi connectivity index (χ2n) is 8.73. The smallest absolute Gasteiger partial charge is 0.315 e. The van der Waals surface area contributed by atoms with Crippen LogP contribution in [0, 0.1) is 5.92 Å². The molecule has 0 saturated carbocycles. The number of ketones is 1. The molecule has 34 heavy (non-hydrogen) atoms. The van der Waals surface area contributed by atoms with E-state index in [0.29, 0.717) is 41.8 Å². The number of halogens is 1. The predicted molar refractivity (Wildman–Crippen MR) is 131 cm³/mol. The van der Waals surface area contributed by atoms with Crippen molar-refractivity contribution in [1.82, 2.24) is 0 Å². The van der Waals surface area contributed by atoms with Gasteiger partial charge in [0.05, 0.1) is 18.7 Å². The third kappa shape index (κ3) is 4.47. The van der Waals surface area contributed by atoms with E-state index >= 15 is 0 Å². The van der Waals surface area contributed by atoms with Crippen LogP contribution in [0.5, 0.6) is 11.5 Å². The van der Waals surface area contributed by atoms with Crippen molar-refractivity contribution in [3.05, 3.63) is 69.9 Å². The molecular formula is C27H28ClNO5. The molecule has 1 aliphatic carbocycles. The molecule has 7 heteroatoms. The van der Waals surface area contributed by atoms with Crippen LogP contribution in [0.3, 0.4) is 0 Å². The number of nitrogens with zero attached hydrogens (tertiary/aromatic N) is 1. The van der Waals surface area contributed by atoms with E-state index < -0.39 is 17.8 Å². The summed E-state index contributed by atoms with van der Waals surface area (Å²) >= 11 is 6.30. The lowest BCUT2D eigenvalue weighted by Crippen LogP contribution is -2.38. The number of benzene rings is 2. The lowest BCUT2D eigenvalue weighted by atomic mass is 9.69. The topological polar surface area (TPSA) is 85.2 Å². The summed E-state index contributed by atoms with van der Waals surface area (Å²) in [4.78, 5) is 31.5. The first-order chi connectivity index (χ1) is 16.3. The number of hydrogen-bond donors (Lipinski definition) is 1. The molecule has 2 aromatic rings. The van der Waals surface area contributed by atoms with Crippen LogP contribution < -0.4 is 4.74 Å². The molecule has 0 saturated heterocycles. The number of aliphatic imine (C=N–C) groups is 1. The second-order valence-corrected chi connectivity index (χ2v) is 9.14. The fourth-order valence-electron chi connectivity index (χ4n) is 4.91. The van der Waals surface area contributed by atoms with Gasteiger partial charge in [0.2, 0.25) is 0 Å². The minimum Gasteiger partial charge on any atom is -0.503 e. The molecular weight excluding hydrogens is 454 g/mol. The van der Waals surface area contributed by atoms with Gasteiger partial charge >= 0.3 is 5.97 Å². The zero-order valence-corrected chi connectivity index (χ0v) is 20.3. The Kier molecular flexibility index (Phi) is 7.08. The van der Waals surface area contributed by atoms with Gasteiger partial charge in [-0.1, -0.05) is 48.9 Å². The summed E-state index contributed by atoms with van der Waals surface area (Å²) in [5, 5.41) is 10.3. The summed E-state index contributed by atoms with van der Waals surface area (Å²) in [5.41, 5.74) is 3.49. The Hall–Kier alpha value is -3.12. The molecule has 0 amide bonds. The number of Topliss-reactive ketones (excluding diaryl/α,β-unsaturated/α-hetero) is 1. The van der Waals surface area contributed by atoms with Crippen LogP contribution >= 0.6 is 11.6 Å². The second kappa shape index (κ2) is 10.0. The lowest BCUT2D eigenvalue weighted by molar-refractivity contribution is -0.146. The van der Waals surface area contributed by atoms with Crippen LogP contribution in [0.1, 0.15) is 56.1 Å². The summed E-state index contributed by atoms with van der Waals surface area (Å²) in [6.45, 7) is 4.00. The van der Waals surface area contributed by atoms with E-state index in [0.717, 1.165) is 5.56 Å². The van der Waals surface area contributed by atoms with Crippen molar-refractivity contribution in [1.29, 1.82) is 0 Å². The van der Waals surface area contributed by atoms with E-state index in [1.54, 1.807) is 19.1 Å². The normalized spacial score (nSPS) is 22.2. The van der Waals surface area contributed by atoms with Crippen molar-refractivity contribution in [3.63, 3.8) is 0 Å². The average Bonchev–Trinajstić information content (AvgIpc) is 2.83. The highest BCUT2D eigenvalue weighted by molar-refractivity contribution is 6.32. The molecule has 0 aromatic heterocycles. The number of phenolic OH excluding ortho intramolecular Hbond substituents is 1.